The lowest BCUT2D eigenvalue weighted by molar-refractivity contribution is -0.142. The molecule has 4 heterocycles. The maximum atomic E-state index is 14.6. The number of rotatable bonds is 7. The normalized spacial score (nSPS) is 31.6. The van der Waals surface area contributed by atoms with Crippen LogP contribution in [0.25, 0.3) is 0 Å². The Balaban J connectivity index is 1.34. The van der Waals surface area contributed by atoms with Gasteiger partial charge in [0.2, 0.25) is 5.91 Å². The van der Waals surface area contributed by atoms with Crippen molar-refractivity contribution < 1.29 is 14.0 Å². The molecule has 5 aliphatic rings. The number of aliphatic imine (C=N–C) groups is 1. The Morgan fingerprint density at radius 3 is 2.39 bits per heavy atom. The summed E-state index contributed by atoms with van der Waals surface area (Å²) in [5.74, 6) is -0.440. The Morgan fingerprint density at radius 2 is 1.84 bits per heavy atom. The van der Waals surface area contributed by atoms with Crippen LogP contribution in [0, 0.1) is 11.8 Å². The van der Waals surface area contributed by atoms with Crippen LogP contribution in [0.5, 0.6) is 0 Å². The molecule has 0 aromatic heterocycles. The van der Waals surface area contributed by atoms with Crippen molar-refractivity contribution in [3.63, 3.8) is 0 Å². The number of carbonyl (C=O) groups excluding carboxylic acids is 2. The minimum atomic E-state index is -0.660. The monoisotopic (exact) mass is 659 g/mol. The smallest absolute Gasteiger partial charge is 0.263 e. The Morgan fingerprint density at radius 1 is 1.14 bits per heavy atom. The summed E-state index contributed by atoms with van der Waals surface area (Å²) in [6.07, 6.45) is 5.25. The second kappa shape index (κ2) is 11.8. The SMILES string of the molecule is CC(C)C1=C(C(=O)N2[C@H](C)CC[C@H]2C(=O)N2C[C@@H](CF)[C@H](N(C)C)C2)SC2=N[C@@](C)(c3ccc(Cl)cc3)[C@H](C3=CC=C3Cl)N21. The van der Waals surface area contributed by atoms with Gasteiger partial charge in [0.1, 0.15) is 16.5 Å². The van der Waals surface area contributed by atoms with E-state index in [-0.39, 0.29) is 41.8 Å². The van der Waals surface area contributed by atoms with E-state index in [2.05, 4.69) is 25.7 Å². The van der Waals surface area contributed by atoms with E-state index in [0.717, 1.165) is 28.4 Å². The molecular formula is C33H40Cl2FN5O2S. The van der Waals surface area contributed by atoms with Crippen LogP contribution in [0.4, 0.5) is 4.39 Å². The Hall–Kier alpha value is -2.33. The van der Waals surface area contributed by atoms with Crippen LogP contribution < -0.4 is 0 Å². The van der Waals surface area contributed by atoms with Gasteiger partial charge in [-0.3, -0.25) is 14.0 Å². The van der Waals surface area contributed by atoms with Gasteiger partial charge in [0.25, 0.3) is 5.91 Å². The van der Waals surface area contributed by atoms with Gasteiger partial charge in [0.05, 0.1) is 12.7 Å². The number of thioether (sulfide) groups is 1. The molecule has 6 atom stereocenters. The topological polar surface area (TPSA) is 59.5 Å². The molecule has 0 N–H and O–H groups in total. The number of alkyl halides is 1. The Bertz CT molecular complexity index is 1490. The first-order chi connectivity index (χ1) is 20.9. The molecule has 236 valence electrons. The number of halogens is 3. The van der Waals surface area contributed by atoms with Gasteiger partial charge in [0.15, 0.2) is 5.17 Å². The number of hydrogen-bond donors (Lipinski definition) is 0. The summed E-state index contributed by atoms with van der Waals surface area (Å²) in [6, 6.07) is 6.81. The highest BCUT2D eigenvalue weighted by Gasteiger charge is 2.56. The number of fused-ring (bicyclic) bond motifs is 1. The number of likely N-dealkylation sites (tertiary alicyclic amines) is 2. The highest BCUT2D eigenvalue weighted by Crippen LogP contribution is 2.54. The molecule has 0 unspecified atom stereocenters. The van der Waals surface area contributed by atoms with Crippen molar-refractivity contribution in [1.29, 1.82) is 0 Å². The van der Waals surface area contributed by atoms with E-state index >= 15 is 0 Å². The zero-order chi connectivity index (χ0) is 31.7. The lowest BCUT2D eigenvalue weighted by Gasteiger charge is -2.39. The molecule has 7 nitrogen and oxygen atoms in total. The first kappa shape index (κ1) is 31.6. The maximum absolute atomic E-state index is 14.6. The van der Waals surface area contributed by atoms with E-state index in [9.17, 15) is 14.0 Å². The van der Waals surface area contributed by atoms with Crippen molar-refractivity contribution in [3.05, 3.63) is 68.2 Å². The fraction of sp³-hybridized carbons (Fsp3) is 0.545. The molecular weight excluding hydrogens is 620 g/mol. The zero-order valence-electron chi connectivity index (χ0n) is 26.1. The van der Waals surface area contributed by atoms with Crippen molar-refractivity contribution >= 4 is 51.9 Å². The van der Waals surface area contributed by atoms with Crippen molar-refractivity contribution in [1.82, 2.24) is 19.6 Å². The molecule has 0 saturated carbocycles. The predicted molar refractivity (Wildman–Crippen MR) is 176 cm³/mol. The molecule has 2 fully saturated rings. The second-order valence-electron chi connectivity index (χ2n) is 13.3. The van der Waals surface area contributed by atoms with E-state index in [1.807, 2.05) is 62.3 Å². The Labute approximate surface area is 273 Å². The number of benzene rings is 1. The highest BCUT2D eigenvalue weighted by atomic mass is 35.5. The van der Waals surface area contributed by atoms with Gasteiger partial charge in [-0.05, 0) is 87.8 Å². The molecule has 0 bridgehead atoms. The molecule has 1 aromatic rings. The second-order valence-corrected chi connectivity index (χ2v) is 15.1. The van der Waals surface area contributed by atoms with Crippen LogP contribution in [-0.4, -0.2) is 94.6 Å². The quantitative estimate of drug-likeness (QED) is 0.359. The third-order valence-electron chi connectivity index (χ3n) is 9.93. The van der Waals surface area contributed by atoms with Crippen molar-refractivity contribution in [2.45, 2.75) is 70.2 Å². The van der Waals surface area contributed by atoms with Gasteiger partial charge >= 0.3 is 0 Å². The van der Waals surface area contributed by atoms with E-state index < -0.39 is 18.3 Å². The van der Waals surface area contributed by atoms with Gasteiger partial charge in [-0.25, -0.2) is 4.99 Å². The van der Waals surface area contributed by atoms with E-state index in [1.54, 1.807) is 9.80 Å². The first-order valence-electron chi connectivity index (χ1n) is 15.4. The van der Waals surface area contributed by atoms with Crippen LogP contribution in [0.2, 0.25) is 5.02 Å². The lowest BCUT2D eigenvalue weighted by Crippen LogP contribution is -2.50. The number of allylic oxidation sites excluding steroid dienone is 3. The third kappa shape index (κ3) is 5.02. The summed E-state index contributed by atoms with van der Waals surface area (Å²) in [5, 5.41) is 2.10. The number of likely N-dealkylation sites (N-methyl/N-ethyl adjacent to an activating group) is 1. The van der Waals surface area contributed by atoms with Gasteiger partial charge in [-0.1, -0.05) is 55.3 Å². The summed E-state index contributed by atoms with van der Waals surface area (Å²) < 4.78 is 13.9. The predicted octanol–water partition coefficient (Wildman–Crippen LogP) is 6.01. The molecule has 6 rings (SSSR count). The standard InChI is InChI=1S/C33H40Cl2FN5O2S/c1-18(2)27-28(31(43)40-19(3)7-14-25(40)30(42)39-16-20(15-36)26(17-39)38(5)6)44-32-37-33(4,21-8-10-22(34)11-9-21)29(41(27)32)23-12-13-24(23)35/h8-13,18-20,25-26,29H,7,14-17H2,1-6H3/t19-,20-,25+,26-,29+,33+/m1/s1. The van der Waals surface area contributed by atoms with Crippen LogP contribution in [0.3, 0.4) is 0 Å². The molecule has 1 aliphatic carbocycles. The average Bonchev–Trinajstić information content (AvgIpc) is 3.73. The summed E-state index contributed by atoms with van der Waals surface area (Å²) in [4.78, 5) is 42.2. The fourth-order valence-electron chi connectivity index (χ4n) is 7.52. The Kier molecular flexibility index (Phi) is 8.48. The molecule has 11 heteroatoms. The zero-order valence-corrected chi connectivity index (χ0v) is 28.4. The number of hydrogen-bond acceptors (Lipinski definition) is 6. The molecule has 0 radical (unpaired) electrons. The van der Waals surface area contributed by atoms with Crippen molar-refractivity contribution in [2.24, 2.45) is 16.8 Å². The molecule has 1 aromatic carbocycles. The fourth-order valence-corrected chi connectivity index (χ4v) is 9.23. The van der Waals surface area contributed by atoms with Crippen LogP contribution in [0.15, 0.2) is 62.6 Å². The number of carbonyl (C=O) groups is 2. The highest BCUT2D eigenvalue weighted by molar-refractivity contribution is 8.18. The molecule has 44 heavy (non-hydrogen) atoms. The van der Waals surface area contributed by atoms with Crippen LogP contribution in [-0.2, 0) is 15.1 Å². The molecule has 0 spiro atoms. The van der Waals surface area contributed by atoms with E-state index in [4.69, 9.17) is 28.2 Å². The molecule has 2 saturated heterocycles. The number of amidine groups is 1. The average molecular weight is 661 g/mol. The number of nitrogens with zero attached hydrogens (tertiary/aromatic N) is 5. The van der Waals surface area contributed by atoms with Gasteiger partial charge in [-0.15, -0.1) is 0 Å². The van der Waals surface area contributed by atoms with Crippen LogP contribution in [0.1, 0.15) is 46.1 Å². The minimum absolute atomic E-state index is 0.00412. The van der Waals surface area contributed by atoms with Crippen molar-refractivity contribution in [2.75, 3.05) is 33.9 Å². The van der Waals surface area contributed by atoms with E-state index in [1.165, 1.54) is 11.8 Å². The first-order valence-corrected chi connectivity index (χ1v) is 16.9. The van der Waals surface area contributed by atoms with Crippen LogP contribution >= 0.6 is 35.0 Å². The summed E-state index contributed by atoms with van der Waals surface area (Å²) in [5.41, 5.74) is 2.22. The minimum Gasteiger partial charge on any atom is -0.339 e. The van der Waals surface area contributed by atoms with Crippen molar-refractivity contribution in [3.8, 4) is 0 Å². The third-order valence-corrected chi connectivity index (χ3v) is 11.6. The molecule has 2 amide bonds. The largest absolute Gasteiger partial charge is 0.339 e. The lowest BCUT2D eigenvalue weighted by atomic mass is 9.78. The number of amides is 2. The summed E-state index contributed by atoms with van der Waals surface area (Å²) in [7, 11) is 3.85. The van der Waals surface area contributed by atoms with Gasteiger partial charge in [0, 0.05) is 46.8 Å². The maximum Gasteiger partial charge on any atom is 0.263 e. The van der Waals surface area contributed by atoms with E-state index in [0.29, 0.717) is 34.5 Å². The summed E-state index contributed by atoms with van der Waals surface area (Å²) in [6.45, 7) is 8.68. The summed E-state index contributed by atoms with van der Waals surface area (Å²) >= 11 is 14.3. The van der Waals surface area contributed by atoms with Gasteiger partial charge in [-0.2, -0.15) is 0 Å². The van der Waals surface area contributed by atoms with Gasteiger partial charge < -0.3 is 19.6 Å². The molecule has 4 aliphatic heterocycles.